The summed E-state index contributed by atoms with van der Waals surface area (Å²) in [6.07, 6.45) is 5.44. The van der Waals surface area contributed by atoms with Gasteiger partial charge in [-0.2, -0.15) is 0 Å². The Balaban J connectivity index is 2.00. The first kappa shape index (κ1) is 13.4. The summed E-state index contributed by atoms with van der Waals surface area (Å²) >= 11 is 0. The zero-order valence-electron chi connectivity index (χ0n) is 12.4. The SMILES string of the molecule is CNC(CC1CCC1)c1ccc(OC)c2ccccc12. The van der Waals surface area contributed by atoms with Crippen LogP contribution in [0.5, 0.6) is 5.75 Å². The second kappa shape index (κ2) is 5.84. The molecule has 1 N–H and O–H groups in total. The predicted molar refractivity (Wildman–Crippen MR) is 84.3 cm³/mol. The lowest BCUT2D eigenvalue weighted by Gasteiger charge is -2.30. The third-order valence-corrected chi connectivity index (χ3v) is 4.66. The van der Waals surface area contributed by atoms with Gasteiger partial charge in [-0.25, -0.2) is 0 Å². The summed E-state index contributed by atoms with van der Waals surface area (Å²) in [7, 11) is 3.81. The molecule has 0 saturated heterocycles. The van der Waals surface area contributed by atoms with Gasteiger partial charge in [0.2, 0.25) is 0 Å². The van der Waals surface area contributed by atoms with E-state index in [9.17, 15) is 0 Å². The highest BCUT2D eigenvalue weighted by Gasteiger charge is 2.23. The molecule has 0 bridgehead atoms. The van der Waals surface area contributed by atoms with Crippen LogP contribution < -0.4 is 10.1 Å². The molecule has 1 aliphatic carbocycles. The molecule has 1 aliphatic rings. The monoisotopic (exact) mass is 269 g/mol. The van der Waals surface area contributed by atoms with Crippen LogP contribution in [0.25, 0.3) is 10.8 Å². The van der Waals surface area contributed by atoms with Crippen LogP contribution in [0.1, 0.15) is 37.3 Å². The molecule has 2 heteroatoms. The number of hydrogen-bond donors (Lipinski definition) is 1. The van der Waals surface area contributed by atoms with Gasteiger partial charge in [-0.3, -0.25) is 0 Å². The number of ether oxygens (including phenoxy) is 1. The van der Waals surface area contributed by atoms with Gasteiger partial charge in [0.25, 0.3) is 0 Å². The molecule has 2 nitrogen and oxygen atoms in total. The zero-order chi connectivity index (χ0) is 13.9. The Labute approximate surface area is 121 Å². The fourth-order valence-electron chi connectivity index (χ4n) is 3.24. The first-order valence-electron chi connectivity index (χ1n) is 7.56. The maximum Gasteiger partial charge on any atom is 0.126 e. The van der Waals surface area contributed by atoms with Crippen LogP contribution in [0.3, 0.4) is 0 Å². The smallest absolute Gasteiger partial charge is 0.126 e. The minimum Gasteiger partial charge on any atom is -0.496 e. The van der Waals surface area contributed by atoms with E-state index in [1.807, 2.05) is 0 Å². The lowest BCUT2D eigenvalue weighted by Crippen LogP contribution is -2.23. The van der Waals surface area contributed by atoms with Crippen LogP contribution in [-0.4, -0.2) is 14.2 Å². The van der Waals surface area contributed by atoms with E-state index >= 15 is 0 Å². The van der Waals surface area contributed by atoms with Crippen molar-refractivity contribution in [3.63, 3.8) is 0 Å². The van der Waals surface area contributed by atoms with Gasteiger partial charge >= 0.3 is 0 Å². The van der Waals surface area contributed by atoms with Crippen molar-refractivity contribution in [2.24, 2.45) is 5.92 Å². The van der Waals surface area contributed by atoms with Gasteiger partial charge in [0.15, 0.2) is 0 Å². The van der Waals surface area contributed by atoms with Crippen molar-refractivity contribution in [2.45, 2.75) is 31.7 Å². The maximum atomic E-state index is 5.49. The molecule has 1 saturated carbocycles. The summed E-state index contributed by atoms with van der Waals surface area (Å²) in [5.74, 6) is 1.86. The molecule has 0 aliphatic heterocycles. The van der Waals surface area contributed by atoms with Crippen molar-refractivity contribution >= 4 is 10.8 Å². The molecule has 3 rings (SSSR count). The number of methoxy groups -OCH3 is 1. The second-order valence-corrected chi connectivity index (χ2v) is 5.78. The van der Waals surface area contributed by atoms with E-state index in [2.05, 4.69) is 48.8 Å². The highest BCUT2D eigenvalue weighted by Crippen LogP contribution is 2.38. The Morgan fingerprint density at radius 2 is 1.90 bits per heavy atom. The van der Waals surface area contributed by atoms with Crippen LogP contribution in [0.15, 0.2) is 36.4 Å². The van der Waals surface area contributed by atoms with Gasteiger partial charge in [-0.15, -0.1) is 0 Å². The first-order chi connectivity index (χ1) is 9.83. The van der Waals surface area contributed by atoms with Gasteiger partial charge in [0.05, 0.1) is 7.11 Å². The molecular weight excluding hydrogens is 246 g/mol. The van der Waals surface area contributed by atoms with E-state index in [0.717, 1.165) is 11.7 Å². The predicted octanol–water partition coefficient (Wildman–Crippen LogP) is 4.30. The summed E-state index contributed by atoms with van der Waals surface area (Å²) in [6, 6.07) is 13.3. The van der Waals surface area contributed by atoms with E-state index in [4.69, 9.17) is 4.74 Å². The molecule has 0 heterocycles. The first-order valence-corrected chi connectivity index (χ1v) is 7.56. The Hall–Kier alpha value is -1.54. The van der Waals surface area contributed by atoms with Crippen LogP contribution in [0.4, 0.5) is 0 Å². The van der Waals surface area contributed by atoms with E-state index in [-0.39, 0.29) is 0 Å². The lowest BCUT2D eigenvalue weighted by atomic mass is 9.79. The standard InChI is InChI=1S/C18H23NO/c1-19-17(12-13-6-5-7-13)15-10-11-18(20-2)16-9-4-3-8-14(15)16/h3-4,8-11,13,17,19H,5-7,12H2,1-2H3. The summed E-state index contributed by atoms with van der Waals surface area (Å²) < 4.78 is 5.49. The highest BCUT2D eigenvalue weighted by molar-refractivity contribution is 5.91. The van der Waals surface area contributed by atoms with Gasteiger partial charge < -0.3 is 10.1 Å². The summed E-state index contributed by atoms with van der Waals surface area (Å²) in [5.41, 5.74) is 1.40. The van der Waals surface area contributed by atoms with E-state index in [0.29, 0.717) is 6.04 Å². The van der Waals surface area contributed by atoms with Crippen LogP contribution in [0, 0.1) is 5.92 Å². The normalized spacial score (nSPS) is 16.9. The molecule has 0 spiro atoms. The number of hydrogen-bond acceptors (Lipinski definition) is 2. The number of rotatable bonds is 5. The molecule has 20 heavy (non-hydrogen) atoms. The van der Waals surface area contributed by atoms with Crippen molar-refractivity contribution in [3.05, 3.63) is 42.0 Å². The summed E-state index contributed by atoms with van der Waals surface area (Å²) in [4.78, 5) is 0. The third-order valence-electron chi connectivity index (χ3n) is 4.66. The highest BCUT2D eigenvalue weighted by atomic mass is 16.5. The van der Waals surface area contributed by atoms with E-state index in [1.165, 1.54) is 42.0 Å². The van der Waals surface area contributed by atoms with Gasteiger partial charge in [0.1, 0.15) is 5.75 Å². The Morgan fingerprint density at radius 1 is 1.15 bits per heavy atom. The molecule has 0 aromatic heterocycles. The average Bonchev–Trinajstić information content (AvgIpc) is 2.46. The van der Waals surface area contributed by atoms with Gasteiger partial charge in [-0.05, 0) is 36.4 Å². The van der Waals surface area contributed by atoms with Crippen molar-refractivity contribution in [3.8, 4) is 5.75 Å². The van der Waals surface area contributed by atoms with E-state index in [1.54, 1.807) is 7.11 Å². The number of fused-ring (bicyclic) bond motifs is 1. The molecule has 1 fully saturated rings. The Kier molecular flexibility index (Phi) is 3.93. The fourth-order valence-corrected chi connectivity index (χ4v) is 3.24. The fraction of sp³-hybridized carbons (Fsp3) is 0.444. The zero-order valence-corrected chi connectivity index (χ0v) is 12.4. The van der Waals surface area contributed by atoms with Crippen LogP contribution in [-0.2, 0) is 0 Å². The largest absolute Gasteiger partial charge is 0.496 e. The van der Waals surface area contributed by atoms with Crippen molar-refractivity contribution < 1.29 is 4.74 Å². The summed E-state index contributed by atoms with van der Waals surface area (Å²) in [5, 5.41) is 6.03. The van der Waals surface area contributed by atoms with Crippen molar-refractivity contribution in [2.75, 3.05) is 14.2 Å². The number of nitrogens with one attached hydrogen (secondary N) is 1. The molecule has 1 atom stereocenters. The molecule has 2 aromatic carbocycles. The molecule has 1 unspecified atom stereocenters. The number of benzene rings is 2. The maximum absolute atomic E-state index is 5.49. The van der Waals surface area contributed by atoms with Crippen LogP contribution in [0.2, 0.25) is 0 Å². The van der Waals surface area contributed by atoms with Crippen LogP contribution >= 0.6 is 0 Å². The molecular formula is C18H23NO. The van der Waals surface area contributed by atoms with Gasteiger partial charge in [0, 0.05) is 11.4 Å². The second-order valence-electron chi connectivity index (χ2n) is 5.78. The molecule has 0 radical (unpaired) electrons. The molecule has 0 amide bonds. The topological polar surface area (TPSA) is 21.3 Å². The van der Waals surface area contributed by atoms with Gasteiger partial charge in [-0.1, -0.05) is 49.6 Å². The third kappa shape index (κ3) is 2.40. The Bertz CT molecular complexity index is 589. The van der Waals surface area contributed by atoms with Crippen molar-refractivity contribution in [1.82, 2.24) is 5.32 Å². The average molecular weight is 269 g/mol. The lowest BCUT2D eigenvalue weighted by molar-refractivity contribution is 0.266. The summed E-state index contributed by atoms with van der Waals surface area (Å²) in [6.45, 7) is 0. The molecule has 2 aromatic rings. The Morgan fingerprint density at radius 3 is 2.50 bits per heavy atom. The minimum absolute atomic E-state index is 0.441. The minimum atomic E-state index is 0.441. The quantitative estimate of drug-likeness (QED) is 0.874. The molecule has 106 valence electrons. The van der Waals surface area contributed by atoms with Crippen molar-refractivity contribution in [1.29, 1.82) is 0 Å². The van der Waals surface area contributed by atoms with E-state index < -0.39 is 0 Å².